The quantitative estimate of drug-likeness (QED) is 0.425. The van der Waals surface area contributed by atoms with Gasteiger partial charge < -0.3 is 24.8 Å². The monoisotopic (exact) mass is 614 g/mol. The molecule has 0 spiro atoms. The van der Waals surface area contributed by atoms with Gasteiger partial charge in [-0.3, -0.25) is 0 Å². The molecule has 1 atom stereocenters. The third-order valence-corrected chi connectivity index (χ3v) is 12.3. The van der Waals surface area contributed by atoms with E-state index >= 15 is 0 Å². The molecule has 0 aliphatic heterocycles. The van der Waals surface area contributed by atoms with Gasteiger partial charge in [0, 0.05) is 0 Å². The summed E-state index contributed by atoms with van der Waals surface area (Å²) >= 11 is -0.933. The molecular formula is C34H46Cl2Zr. The van der Waals surface area contributed by atoms with E-state index in [1.54, 1.807) is 28.8 Å². The number of halogens is 2. The molecule has 2 aromatic carbocycles. The van der Waals surface area contributed by atoms with Gasteiger partial charge in [-0.1, -0.05) is 0 Å². The number of hydrogen-bond donors (Lipinski definition) is 0. The van der Waals surface area contributed by atoms with E-state index in [2.05, 4.69) is 113 Å². The van der Waals surface area contributed by atoms with Crippen molar-refractivity contribution in [2.75, 3.05) is 0 Å². The number of rotatable bonds is 3. The van der Waals surface area contributed by atoms with E-state index in [-0.39, 0.29) is 41.1 Å². The van der Waals surface area contributed by atoms with Gasteiger partial charge in [-0.25, -0.2) is 0 Å². The van der Waals surface area contributed by atoms with Gasteiger partial charge in [0.05, 0.1) is 0 Å². The maximum Gasteiger partial charge on any atom is -1.00 e. The third kappa shape index (κ3) is 6.26. The van der Waals surface area contributed by atoms with E-state index in [1.165, 1.54) is 34.2 Å². The molecule has 1 unspecified atom stereocenters. The Morgan fingerprint density at radius 2 is 1.35 bits per heavy atom. The molecular weight excluding hydrogens is 571 g/mol. The Morgan fingerprint density at radius 3 is 1.86 bits per heavy atom. The summed E-state index contributed by atoms with van der Waals surface area (Å²) in [6.07, 6.45) is 7.54. The Kier molecular flexibility index (Phi) is 9.78. The van der Waals surface area contributed by atoms with Crippen LogP contribution in [0.1, 0.15) is 109 Å². The molecule has 0 radical (unpaired) electrons. The van der Waals surface area contributed by atoms with Crippen LogP contribution in [0.2, 0.25) is 0 Å². The number of aryl methyl sites for hydroxylation is 1. The molecule has 2 aromatic rings. The summed E-state index contributed by atoms with van der Waals surface area (Å²) in [6, 6.07) is 7.61. The van der Waals surface area contributed by atoms with Crippen LogP contribution in [-0.2, 0) is 40.5 Å². The van der Waals surface area contributed by atoms with Gasteiger partial charge in [0.1, 0.15) is 0 Å². The minimum atomic E-state index is -0.933. The van der Waals surface area contributed by atoms with E-state index in [1.807, 2.05) is 0 Å². The minimum absolute atomic E-state index is 0. The zero-order valence-corrected chi connectivity index (χ0v) is 29.1. The molecule has 0 heterocycles. The first kappa shape index (κ1) is 32.6. The van der Waals surface area contributed by atoms with Crippen LogP contribution in [0.5, 0.6) is 0 Å². The molecule has 2 aliphatic carbocycles. The Hall–Kier alpha value is -0.617. The largest absolute Gasteiger partial charge is 1.00 e. The van der Waals surface area contributed by atoms with Crippen molar-refractivity contribution in [3.05, 3.63) is 72.6 Å². The van der Waals surface area contributed by atoms with Crippen LogP contribution in [0.3, 0.4) is 0 Å². The van der Waals surface area contributed by atoms with Crippen molar-refractivity contribution < 1.29 is 48.0 Å². The molecule has 0 bridgehead atoms. The average molecular weight is 617 g/mol. The molecule has 0 N–H and O–H groups in total. The maximum absolute atomic E-state index is 2.61. The molecule has 37 heavy (non-hydrogen) atoms. The molecule has 0 fully saturated rings. The fraction of sp³-hybridized carbons (Fsp3) is 0.529. The summed E-state index contributed by atoms with van der Waals surface area (Å²) in [4.78, 5) is 0. The van der Waals surface area contributed by atoms with E-state index in [0.29, 0.717) is 5.92 Å². The minimum Gasteiger partial charge on any atom is -1.00 e. The van der Waals surface area contributed by atoms with Crippen molar-refractivity contribution >= 4 is 3.27 Å². The van der Waals surface area contributed by atoms with Crippen LogP contribution in [0.4, 0.5) is 0 Å². The zero-order chi connectivity index (χ0) is 26.1. The van der Waals surface area contributed by atoms with Gasteiger partial charge in [0.15, 0.2) is 0 Å². The van der Waals surface area contributed by atoms with Crippen LogP contribution >= 0.6 is 0 Å². The van der Waals surface area contributed by atoms with Crippen LogP contribution in [0.15, 0.2) is 39.2 Å². The van der Waals surface area contributed by atoms with Crippen molar-refractivity contribution in [3.8, 4) is 11.1 Å². The Labute approximate surface area is 251 Å². The Bertz CT molecular complexity index is 1240. The SMILES string of the molecule is CCC1C=C(C(C)(C)C)C=[C]1[Zr+2][c]1c(C)c(C(C)(C)C)cc2c1Cc1cc(C)c(C(C)(C)C)cc1-2.[Cl-].[Cl-]. The summed E-state index contributed by atoms with van der Waals surface area (Å²) in [5, 5.41) is 0. The second-order valence-electron chi connectivity index (χ2n) is 14.1. The second-order valence-corrected chi connectivity index (χ2v) is 17.3. The Morgan fingerprint density at radius 1 is 0.784 bits per heavy atom. The van der Waals surface area contributed by atoms with Crippen molar-refractivity contribution in [1.29, 1.82) is 0 Å². The van der Waals surface area contributed by atoms with Gasteiger partial charge in [0.25, 0.3) is 0 Å². The van der Waals surface area contributed by atoms with Gasteiger partial charge in [-0.15, -0.1) is 0 Å². The fourth-order valence-electron chi connectivity index (χ4n) is 6.08. The summed E-state index contributed by atoms with van der Waals surface area (Å²) in [6.45, 7) is 28.4. The predicted octanol–water partition coefficient (Wildman–Crippen LogP) is 3.08. The molecule has 3 heteroatoms. The second kappa shape index (κ2) is 11.1. The maximum atomic E-state index is 2.61. The first-order valence-corrected chi connectivity index (χ1v) is 16.0. The first-order chi connectivity index (χ1) is 16.0. The first-order valence-electron chi connectivity index (χ1n) is 13.5. The van der Waals surface area contributed by atoms with Gasteiger partial charge >= 0.3 is 228 Å². The number of hydrogen-bond acceptors (Lipinski definition) is 0. The van der Waals surface area contributed by atoms with Crippen LogP contribution < -0.4 is 28.1 Å². The number of benzene rings is 2. The Balaban J connectivity index is 0.00000241. The van der Waals surface area contributed by atoms with Gasteiger partial charge in [-0.05, 0) is 0 Å². The van der Waals surface area contributed by atoms with Gasteiger partial charge in [0.2, 0.25) is 0 Å². The number of fused-ring (bicyclic) bond motifs is 3. The van der Waals surface area contributed by atoms with Crippen molar-refractivity contribution in [3.63, 3.8) is 0 Å². The van der Waals surface area contributed by atoms with Crippen LogP contribution in [0, 0.1) is 25.2 Å². The van der Waals surface area contributed by atoms with E-state index in [0.717, 1.165) is 6.42 Å². The van der Waals surface area contributed by atoms with Gasteiger partial charge in [-0.2, -0.15) is 0 Å². The predicted molar refractivity (Wildman–Crippen MR) is 151 cm³/mol. The van der Waals surface area contributed by atoms with Crippen LogP contribution in [0.25, 0.3) is 11.1 Å². The third-order valence-electron chi connectivity index (χ3n) is 8.08. The molecule has 0 saturated carbocycles. The fourth-order valence-corrected chi connectivity index (χ4v) is 10.2. The molecule has 200 valence electrons. The molecule has 0 aromatic heterocycles. The van der Waals surface area contributed by atoms with Crippen molar-refractivity contribution in [2.24, 2.45) is 11.3 Å². The summed E-state index contributed by atoms with van der Waals surface area (Å²) in [5.74, 6) is 0.641. The molecule has 4 rings (SSSR count). The molecule has 2 aliphatic rings. The smallest absolute Gasteiger partial charge is 1.00 e. The summed E-state index contributed by atoms with van der Waals surface area (Å²) in [7, 11) is 0. The molecule has 0 amide bonds. The summed E-state index contributed by atoms with van der Waals surface area (Å²) in [5.41, 5.74) is 14.4. The number of allylic oxidation sites excluding steroid dienone is 4. The van der Waals surface area contributed by atoms with E-state index in [4.69, 9.17) is 0 Å². The zero-order valence-electron chi connectivity index (χ0n) is 25.1. The topological polar surface area (TPSA) is 0 Å². The summed E-state index contributed by atoms with van der Waals surface area (Å²) < 4.78 is 3.54. The van der Waals surface area contributed by atoms with Crippen LogP contribution in [-0.4, -0.2) is 0 Å². The van der Waals surface area contributed by atoms with E-state index in [9.17, 15) is 0 Å². The van der Waals surface area contributed by atoms with Crippen molar-refractivity contribution in [2.45, 2.75) is 107 Å². The normalized spacial score (nSPS) is 16.7. The van der Waals surface area contributed by atoms with Crippen molar-refractivity contribution in [1.82, 2.24) is 0 Å². The molecule has 0 nitrogen and oxygen atoms in total. The average Bonchev–Trinajstić information content (AvgIpc) is 3.28. The molecule has 0 saturated heterocycles. The standard InChI is InChI=1S/C23H29.C11H17.2ClH.Zr/c1-14-9-16-11-17-10-15(2)21(23(6,7)8)13-19(17)18(16)12-20(14)22(3,4)5;1-5-9-6-7-10(8-9)11(2,3)4;;;/h9,12-13H,11H2,1-8H3;7-9H,5H2,1-4H3;2*1H;/q;;;;+2/p-2. The van der Waals surface area contributed by atoms with E-state index < -0.39 is 23.2 Å².